The lowest BCUT2D eigenvalue weighted by Gasteiger charge is -2.28. The Balaban J connectivity index is 2.11. The molecule has 72 valence electrons. The van der Waals surface area contributed by atoms with Crippen molar-refractivity contribution >= 4 is 0 Å². The van der Waals surface area contributed by atoms with Crippen LogP contribution in [0.3, 0.4) is 0 Å². The smallest absolute Gasteiger partial charge is 0.162 e. The molecule has 0 aliphatic heterocycles. The highest BCUT2D eigenvalue weighted by Gasteiger charge is 2.27. The van der Waals surface area contributed by atoms with E-state index in [9.17, 15) is 0 Å². The first-order valence-corrected chi connectivity index (χ1v) is 4.67. The van der Waals surface area contributed by atoms with Crippen molar-refractivity contribution < 1.29 is 4.74 Å². The molecule has 1 aromatic rings. The molecule has 0 N–H and O–H groups in total. The fraction of sp³-hybridized carbons (Fsp3) is 0.875. The second-order valence-electron chi connectivity index (χ2n) is 3.38. The second kappa shape index (κ2) is 3.83. The van der Waals surface area contributed by atoms with Crippen LogP contribution in [0.5, 0.6) is 0 Å². The van der Waals surface area contributed by atoms with Gasteiger partial charge in [0.05, 0.1) is 12.1 Å². The van der Waals surface area contributed by atoms with Crippen molar-refractivity contribution in [3.63, 3.8) is 0 Å². The molecule has 13 heavy (non-hydrogen) atoms. The fourth-order valence-electron chi connectivity index (χ4n) is 1.94. The number of methoxy groups -OCH3 is 1. The molecule has 1 aliphatic rings. The van der Waals surface area contributed by atoms with Gasteiger partial charge in [-0.25, -0.2) is 0 Å². The van der Waals surface area contributed by atoms with Crippen LogP contribution in [0.25, 0.3) is 0 Å². The molecule has 1 fully saturated rings. The van der Waals surface area contributed by atoms with Crippen LogP contribution >= 0.6 is 0 Å². The Labute approximate surface area is 77.1 Å². The van der Waals surface area contributed by atoms with Crippen LogP contribution in [-0.2, 0) is 4.74 Å². The number of nitrogens with zero attached hydrogens (tertiary/aromatic N) is 4. The highest BCUT2D eigenvalue weighted by Crippen LogP contribution is 2.28. The van der Waals surface area contributed by atoms with Gasteiger partial charge in [0.2, 0.25) is 0 Å². The van der Waals surface area contributed by atoms with E-state index in [1.165, 1.54) is 19.2 Å². The van der Waals surface area contributed by atoms with Gasteiger partial charge in [0, 0.05) is 7.11 Å². The fourth-order valence-corrected chi connectivity index (χ4v) is 1.94. The van der Waals surface area contributed by atoms with Crippen LogP contribution in [0.1, 0.15) is 31.7 Å². The summed E-state index contributed by atoms with van der Waals surface area (Å²) >= 11 is 0. The van der Waals surface area contributed by atoms with Gasteiger partial charge in [0.25, 0.3) is 0 Å². The predicted octanol–water partition coefficient (Wildman–Crippen LogP) is 0.803. The van der Waals surface area contributed by atoms with Gasteiger partial charge in [-0.15, -0.1) is 10.2 Å². The third-order valence-corrected chi connectivity index (χ3v) is 2.63. The Hall–Kier alpha value is -0.970. The lowest BCUT2D eigenvalue weighted by atomic mass is 9.93. The summed E-state index contributed by atoms with van der Waals surface area (Å²) in [5, 5.41) is 11.7. The van der Waals surface area contributed by atoms with E-state index in [0.29, 0.717) is 0 Å². The average molecular weight is 182 g/mol. The zero-order valence-corrected chi connectivity index (χ0v) is 7.76. The van der Waals surface area contributed by atoms with E-state index in [1.54, 1.807) is 11.9 Å². The molecule has 2 atom stereocenters. The minimum atomic E-state index is 0.253. The molecule has 2 rings (SSSR count). The number of tetrazole rings is 1. The molecule has 5 nitrogen and oxygen atoms in total. The van der Waals surface area contributed by atoms with E-state index < -0.39 is 0 Å². The lowest BCUT2D eigenvalue weighted by molar-refractivity contribution is 0.0186. The first kappa shape index (κ1) is 8.62. The van der Waals surface area contributed by atoms with Crippen molar-refractivity contribution in [1.29, 1.82) is 0 Å². The third kappa shape index (κ3) is 1.70. The van der Waals surface area contributed by atoms with Gasteiger partial charge in [-0.05, 0) is 18.1 Å². The zero-order valence-electron chi connectivity index (χ0n) is 7.76. The number of aromatic nitrogens is 4. The first-order valence-electron chi connectivity index (χ1n) is 4.67. The summed E-state index contributed by atoms with van der Waals surface area (Å²) in [6.45, 7) is 0. The van der Waals surface area contributed by atoms with Crippen molar-refractivity contribution in [2.75, 3.05) is 7.11 Å². The number of ether oxygens (including phenoxy) is 1. The topological polar surface area (TPSA) is 52.8 Å². The van der Waals surface area contributed by atoms with Crippen LogP contribution in [0.2, 0.25) is 0 Å². The maximum atomic E-state index is 5.40. The summed E-state index contributed by atoms with van der Waals surface area (Å²) < 4.78 is 5.40. The van der Waals surface area contributed by atoms with Crippen LogP contribution in [-0.4, -0.2) is 33.4 Å². The molecule has 0 spiro atoms. The number of rotatable bonds is 2. The molecule has 1 saturated carbocycles. The highest BCUT2D eigenvalue weighted by molar-refractivity contribution is 4.77. The zero-order chi connectivity index (χ0) is 9.10. The number of hydrogen-bond acceptors (Lipinski definition) is 4. The summed E-state index contributed by atoms with van der Waals surface area (Å²) in [5.41, 5.74) is 0. The summed E-state index contributed by atoms with van der Waals surface area (Å²) in [6, 6.07) is 0.279. The van der Waals surface area contributed by atoms with E-state index >= 15 is 0 Å². The summed E-state index contributed by atoms with van der Waals surface area (Å²) in [5.74, 6) is 0. The SMILES string of the molecule is CO[C@@H]1CCCC[C@@H]1n1ncnn1. The minimum absolute atomic E-state index is 0.253. The Morgan fingerprint density at radius 1 is 1.38 bits per heavy atom. The average Bonchev–Trinajstić information content (AvgIpc) is 2.70. The minimum Gasteiger partial charge on any atom is -0.379 e. The number of hydrogen-bond donors (Lipinski definition) is 0. The standard InChI is InChI=1S/C8H14N4O/c1-13-8-5-3-2-4-7(8)12-10-6-9-11-12/h6-8H,2-5H2,1H3/t7-,8+/m0/s1. The summed E-state index contributed by atoms with van der Waals surface area (Å²) in [7, 11) is 1.75. The molecule has 0 bridgehead atoms. The van der Waals surface area contributed by atoms with Gasteiger partial charge in [-0.3, -0.25) is 0 Å². The first-order chi connectivity index (χ1) is 6.42. The van der Waals surface area contributed by atoms with E-state index in [1.807, 2.05) is 0 Å². The Morgan fingerprint density at radius 3 is 2.92 bits per heavy atom. The molecule has 5 heteroatoms. The van der Waals surface area contributed by atoms with Gasteiger partial charge >= 0.3 is 0 Å². The molecular formula is C8H14N4O. The van der Waals surface area contributed by atoms with Crippen LogP contribution in [0.15, 0.2) is 6.33 Å². The lowest BCUT2D eigenvalue weighted by Crippen LogP contribution is -2.30. The van der Waals surface area contributed by atoms with Gasteiger partial charge in [0.1, 0.15) is 0 Å². The van der Waals surface area contributed by atoms with Crippen LogP contribution in [0, 0.1) is 0 Å². The van der Waals surface area contributed by atoms with E-state index in [2.05, 4.69) is 15.4 Å². The monoisotopic (exact) mass is 182 g/mol. The van der Waals surface area contributed by atoms with Crippen molar-refractivity contribution in [2.24, 2.45) is 0 Å². The quantitative estimate of drug-likeness (QED) is 0.679. The van der Waals surface area contributed by atoms with Crippen molar-refractivity contribution in [3.05, 3.63) is 6.33 Å². The third-order valence-electron chi connectivity index (χ3n) is 2.63. The molecule has 0 radical (unpaired) electrons. The Morgan fingerprint density at radius 2 is 2.23 bits per heavy atom. The maximum Gasteiger partial charge on any atom is 0.162 e. The predicted molar refractivity (Wildman–Crippen MR) is 46.1 cm³/mol. The largest absolute Gasteiger partial charge is 0.379 e. The van der Waals surface area contributed by atoms with Gasteiger partial charge in [-0.2, -0.15) is 4.80 Å². The molecular weight excluding hydrogens is 168 g/mol. The molecule has 1 heterocycles. The molecule has 0 aromatic carbocycles. The van der Waals surface area contributed by atoms with Gasteiger partial charge in [0.15, 0.2) is 6.33 Å². The molecule has 1 aliphatic carbocycles. The second-order valence-corrected chi connectivity index (χ2v) is 3.38. The Bertz CT molecular complexity index is 249. The van der Waals surface area contributed by atoms with Gasteiger partial charge in [-0.1, -0.05) is 12.8 Å². The van der Waals surface area contributed by atoms with Crippen LogP contribution in [0.4, 0.5) is 0 Å². The van der Waals surface area contributed by atoms with Crippen molar-refractivity contribution in [3.8, 4) is 0 Å². The van der Waals surface area contributed by atoms with E-state index in [4.69, 9.17) is 4.74 Å². The van der Waals surface area contributed by atoms with Crippen molar-refractivity contribution in [2.45, 2.75) is 37.8 Å². The maximum absolute atomic E-state index is 5.40. The molecule has 0 saturated heterocycles. The highest BCUT2D eigenvalue weighted by atomic mass is 16.5. The molecule has 0 amide bonds. The van der Waals surface area contributed by atoms with Crippen LogP contribution < -0.4 is 0 Å². The van der Waals surface area contributed by atoms with E-state index in [-0.39, 0.29) is 12.1 Å². The summed E-state index contributed by atoms with van der Waals surface area (Å²) in [6.07, 6.45) is 6.39. The molecule has 0 unspecified atom stereocenters. The summed E-state index contributed by atoms with van der Waals surface area (Å²) in [4.78, 5) is 1.67. The van der Waals surface area contributed by atoms with Crippen molar-refractivity contribution in [1.82, 2.24) is 20.2 Å². The Kier molecular flexibility index (Phi) is 2.54. The van der Waals surface area contributed by atoms with Gasteiger partial charge < -0.3 is 4.74 Å². The normalized spacial score (nSPS) is 29.0. The molecule has 1 aromatic heterocycles. The van der Waals surface area contributed by atoms with E-state index in [0.717, 1.165) is 12.8 Å².